The van der Waals surface area contributed by atoms with E-state index in [1.165, 1.54) is 6.07 Å². The summed E-state index contributed by atoms with van der Waals surface area (Å²) in [4.78, 5) is 19.0. The number of aromatic nitrogens is 3. The van der Waals surface area contributed by atoms with Crippen molar-refractivity contribution in [3.63, 3.8) is 0 Å². The average Bonchev–Trinajstić information content (AvgIpc) is 3.46. The van der Waals surface area contributed by atoms with E-state index < -0.39 is 6.61 Å². The monoisotopic (exact) mass is 464 g/mol. The Morgan fingerprint density at radius 1 is 1.24 bits per heavy atom. The molecule has 3 unspecified atom stereocenters. The molecule has 11 heteroatoms. The van der Waals surface area contributed by atoms with Crippen molar-refractivity contribution in [3.8, 4) is 5.88 Å². The molecule has 0 aromatic carbocycles. The normalized spacial score (nSPS) is 27.0. The van der Waals surface area contributed by atoms with Crippen LogP contribution in [0.4, 0.5) is 19.4 Å². The van der Waals surface area contributed by atoms with Crippen molar-refractivity contribution in [3.05, 3.63) is 17.8 Å². The van der Waals surface area contributed by atoms with Gasteiger partial charge in [0.2, 0.25) is 5.88 Å². The zero-order chi connectivity index (χ0) is 23.1. The Kier molecular flexibility index (Phi) is 5.98. The summed E-state index contributed by atoms with van der Waals surface area (Å²) in [6.45, 7) is 2.63. The number of nitrogens with zero attached hydrogens (tertiary/aromatic N) is 4. The van der Waals surface area contributed by atoms with E-state index in [1.807, 2.05) is 18.7 Å². The number of carbonyl (C=O) groups excluding carboxylic acids is 1. The van der Waals surface area contributed by atoms with Crippen LogP contribution >= 0.6 is 0 Å². The lowest BCUT2D eigenvalue weighted by Crippen LogP contribution is -2.50. The fraction of sp³-hybridized carbons (Fsp3) is 0.682. The topological polar surface area (TPSA) is 93.0 Å². The quantitative estimate of drug-likeness (QED) is 0.677. The van der Waals surface area contributed by atoms with E-state index in [-0.39, 0.29) is 42.1 Å². The van der Waals surface area contributed by atoms with Crippen molar-refractivity contribution in [2.45, 2.75) is 82.7 Å². The highest BCUT2D eigenvalue weighted by Crippen LogP contribution is 2.38. The zero-order valence-electron chi connectivity index (χ0n) is 18.8. The average molecular weight is 465 g/mol. The number of halogens is 2. The Morgan fingerprint density at radius 2 is 2.00 bits per heavy atom. The number of piperidine rings is 1. The molecule has 0 spiro atoms. The Hall–Kier alpha value is -2.69. The van der Waals surface area contributed by atoms with Gasteiger partial charge in [-0.25, -0.2) is 4.79 Å². The van der Waals surface area contributed by atoms with Crippen molar-refractivity contribution < 1.29 is 23.0 Å². The molecule has 2 aromatic rings. The molecule has 9 nitrogen and oxygen atoms in total. The van der Waals surface area contributed by atoms with Crippen LogP contribution in [0.2, 0.25) is 0 Å². The van der Waals surface area contributed by atoms with Gasteiger partial charge in [-0.2, -0.15) is 23.4 Å². The molecule has 0 radical (unpaired) electrons. The number of rotatable bonds is 6. The molecule has 1 amide bonds. The van der Waals surface area contributed by atoms with E-state index in [1.54, 1.807) is 10.7 Å². The largest absolute Gasteiger partial charge is 0.445 e. The lowest BCUT2D eigenvalue weighted by atomic mass is 9.98. The molecule has 2 N–H and O–H groups in total. The van der Waals surface area contributed by atoms with Gasteiger partial charge >= 0.3 is 12.7 Å². The zero-order valence-corrected chi connectivity index (χ0v) is 18.8. The Balaban J connectivity index is 1.33. The number of nitrogens with one attached hydrogen (secondary N) is 2. The fourth-order valence-corrected chi connectivity index (χ4v) is 5.35. The van der Waals surface area contributed by atoms with Crippen LogP contribution in [-0.2, 0) is 4.74 Å². The second kappa shape index (κ2) is 8.92. The number of hydrogen-bond acceptors (Lipinski definition) is 7. The minimum atomic E-state index is -2.96. The molecule has 3 saturated heterocycles. The van der Waals surface area contributed by atoms with Crippen molar-refractivity contribution in [2.24, 2.45) is 0 Å². The first-order valence-electron chi connectivity index (χ1n) is 11.7. The summed E-state index contributed by atoms with van der Waals surface area (Å²) in [6, 6.07) is 1.73. The van der Waals surface area contributed by atoms with Gasteiger partial charge in [-0.15, -0.1) is 0 Å². The summed E-state index contributed by atoms with van der Waals surface area (Å²) in [7, 11) is 0. The van der Waals surface area contributed by atoms with Crippen molar-refractivity contribution >= 4 is 17.6 Å². The molecule has 5 heterocycles. The molecule has 180 valence electrons. The molecule has 2 bridgehead atoms. The van der Waals surface area contributed by atoms with Gasteiger partial charge in [-0.05, 0) is 44.6 Å². The third kappa shape index (κ3) is 4.42. The van der Waals surface area contributed by atoms with Crippen LogP contribution in [0.3, 0.4) is 0 Å². The second-order valence-electron chi connectivity index (χ2n) is 9.45. The highest BCUT2D eigenvalue weighted by molar-refractivity contribution is 5.69. The molecule has 0 saturated carbocycles. The lowest BCUT2D eigenvalue weighted by Gasteiger charge is -2.39. The summed E-state index contributed by atoms with van der Waals surface area (Å²) >= 11 is 0. The van der Waals surface area contributed by atoms with Gasteiger partial charge in [0.15, 0.2) is 5.65 Å². The Morgan fingerprint density at radius 3 is 2.64 bits per heavy atom. The van der Waals surface area contributed by atoms with Crippen LogP contribution in [0.5, 0.6) is 5.88 Å². The lowest BCUT2D eigenvalue weighted by molar-refractivity contribution is -0.0527. The number of fused-ring (bicyclic) bond motifs is 3. The predicted octanol–water partition coefficient (Wildman–Crippen LogP) is 3.36. The maximum atomic E-state index is 12.9. The van der Waals surface area contributed by atoms with Crippen LogP contribution in [-0.4, -0.2) is 69.5 Å². The summed E-state index contributed by atoms with van der Waals surface area (Å²) in [5.41, 5.74) is 1.36. The number of hydrogen-bond donors (Lipinski definition) is 2. The van der Waals surface area contributed by atoms with Gasteiger partial charge in [0.1, 0.15) is 11.9 Å². The first-order chi connectivity index (χ1) is 15.9. The molecule has 3 aliphatic heterocycles. The molecule has 3 aliphatic rings. The molecule has 2 aromatic heterocycles. The van der Waals surface area contributed by atoms with Crippen molar-refractivity contribution in [1.29, 1.82) is 0 Å². The highest BCUT2D eigenvalue weighted by Gasteiger charge is 2.44. The second-order valence-corrected chi connectivity index (χ2v) is 9.45. The van der Waals surface area contributed by atoms with Gasteiger partial charge in [0.05, 0.1) is 6.20 Å². The van der Waals surface area contributed by atoms with E-state index in [4.69, 9.17) is 4.74 Å². The Bertz CT molecular complexity index is 995. The third-order valence-corrected chi connectivity index (χ3v) is 6.89. The standard InChI is InChI=1S/C22H30F2N6O3/c1-12(2)17-11-26-30-18(9-19(28-20(17)30)33-21(23)24)27-13-7-14-3-4-15(8-13)29(14)22(31)32-16-5-6-25-10-16/h9,11-16,21,25,27H,3-8,10H2,1-2H3. The minimum Gasteiger partial charge on any atom is -0.445 e. The smallest absolute Gasteiger partial charge is 0.410 e. The van der Waals surface area contributed by atoms with E-state index >= 15 is 0 Å². The van der Waals surface area contributed by atoms with Gasteiger partial charge in [0.25, 0.3) is 0 Å². The summed E-state index contributed by atoms with van der Waals surface area (Å²) in [5, 5.41) is 11.1. The van der Waals surface area contributed by atoms with Gasteiger partial charge in [-0.1, -0.05) is 13.8 Å². The summed E-state index contributed by atoms with van der Waals surface area (Å²) < 4.78 is 37.8. The van der Waals surface area contributed by atoms with E-state index in [0.717, 1.165) is 44.2 Å². The third-order valence-electron chi connectivity index (χ3n) is 6.89. The van der Waals surface area contributed by atoms with Crippen LogP contribution in [0.15, 0.2) is 12.3 Å². The highest BCUT2D eigenvalue weighted by atomic mass is 19.3. The number of alkyl halides is 2. The number of ether oxygens (including phenoxy) is 2. The molecule has 3 fully saturated rings. The van der Waals surface area contributed by atoms with Gasteiger partial charge < -0.3 is 25.0 Å². The first kappa shape index (κ1) is 22.1. The number of carbonyl (C=O) groups is 1. The maximum Gasteiger partial charge on any atom is 0.410 e. The molecule has 0 aliphatic carbocycles. The molecular weight excluding hydrogens is 434 g/mol. The van der Waals surface area contributed by atoms with Crippen LogP contribution in [0, 0.1) is 0 Å². The van der Waals surface area contributed by atoms with Crippen molar-refractivity contribution in [2.75, 3.05) is 18.4 Å². The fourth-order valence-electron chi connectivity index (χ4n) is 5.35. The molecular formula is C22H30F2N6O3. The number of amides is 1. The van der Waals surface area contributed by atoms with Gasteiger partial charge in [-0.3, -0.25) is 0 Å². The van der Waals surface area contributed by atoms with Crippen LogP contribution < -0.4 is 15.4 Å². The summed E-state index contributed by atoms with van der Waals surface area (Å²) in [5.74, 6) is 0.543. The van der Waals surface area contributed by atoms with E-state index in [0.29, 0.717) is 18.0 Å². The first-order valence-corrected chi connectivity index (χ1v) is 11.7. The molecule has 5 rings (SSSR count). The molecule has 33 heavy (non-hydrogen) atoms. The van der Waals surface area contributed by atoms with E-state index in [9.17, 15) is 13.6 Å². The van der Waals surface area contributed by atoms with Crippen LogP contribution in [0.1, 0.15) is 57.4 Å². The Labute approximate surface area is 190 Å². The van der Waals surface area contributed by atoms with Crippen LogP contribution in [0.25, 0.3) is 5.65 Å². The van der Waals surface area contributed by atoms with Crippen molar-refractivity contribution in [1.82, 2.24) is 24.8 Å². The summed E-state index contributed by atoms with van der Waals surface area (Å²) in [6.07, 6.45) is 5.66. The predicted molar refractivity (Wildman–Crippen MR) is 117 cm³/mol. The van der Waals surface area contributed by atoms with E-state index in [2.05, 4.69) is 25.5 Å². The minimum absolute atomic E-state index is 0.0546. The number of anilines is 1. The SMILES string of the molecule is CC(C)c1cnn2c(NC3CC4CCC(C3)N4C(=O)OC3CCNC3)cc(OC(F)F)nc12. The van der Waals surface area contributed by atoms with Gasteiger partial charge in [0, 0.05) is 36.3 Å². The molecule has 3 atom stereocenters. The maximum absolute atomic E-state index is 12.9.